The third-order valence-corrected chi connectivity index (χ3v) is 5.62. The summed E-state index contributed by atoms with van der Waals surface area (Å²) in [5.41, 5.74) is 5.49. The number of pyridine rings is 2. The lowest BCUT2D eigenvalue weighted by molar-refractivity contribution is 0.102. The van der Waals surface area contributed by atoms with Crippen LogP contribution in [0.25, 0.3) is 22.2 Å². The molecule has 5 rings (SSSR count). The van der Waals surface area contributed by atoms with Gasteiger partial charge in [0, 0.05) is 42.1 Å². The molecule has 0 aliphatic carbocycles. The molecule has 9 nitrogen and oxygen atoms in total. The number of nitriles is 1. The maximum atomic E-state index is 12.8. The zero-order valence-corrected chi connectivity index (χ0v) is 18.0. The van der Waals surface area contributed by atoms with Gasteiger partial charge in [-0.1, -0.05) is 0 Å². The Balaban J connectivity index is 1.44. The summed E-state index contributed by atoms with van der Waals surface area (Å²) in [4.78, 5) is 23.6. The maximum absolute atomic E-state index is 12.8. The lowest BCUT2D eigenvalue weighted by Crippen LogP contribution is -2.36. The number of aromatic nitrogens is 4. The molecule has 2 N–H and O–H groups in total. The average molecular weight is 439 g/mol. The van der Waals surface area contributed by atoms with Crippen LogP contribution in [-0.2, 0) is 4.74 Å². The summed E-state index contributed by atoms with van der Waals surface area (Å²) in [6, 6.07) is 11.3. The van der Waals surface area contributed by atoms with Gasteiger partial charge in [-0.3, -0.25) is 14.9 Å². The highest BCUT2D eigenvalue weighted by Gasteiger charge is 2.16. The Bertz CT molecular complexity index is 1380. The van der Waals surface area contributed by atoms with E-state index in [0.29, 0.717) is 30.0 Å². The van der Waals surface area contributed by atoms with Crippen LogP contribution in [0.5, 0.6) is 0 Å². The molecule has 1 aliphatic heterocycles. The lowest BCUT2D eigenvalue weighted by Gasteiger charge is -2.28. The topological polar surface area (TPSA) is 120 Å². The standard InChI is InChI=1S/C24H21N7O2/c1-15-8-16(11-25)12-27-22(15)24(32)28-18-2-3-21-20(10-18)23(30-29-21)17-9-19(14-26-13-17)31-4-6-33-7-5-31/h2-3,8-10,12-14H,4-7H2,1H3,(H,28,32)(H,29,30). The third kappa shape index (κ3) is 4.12. The Morgan fingerprint density at radius 1 is 1.18 bits per heavy atom. The zero-order chi connectivity index (χ0) is 22.8. The minimum Gasteiger partial charge on any atom is -0.378 e. The predicted molar refractivity (Wildman–Crippen MR) is 124 cm³/mol. The van der Waals surface area contributed by atoms with Crippen molar-refractivity contribution in [2.24, 2.45) is 0 Å². The van der Waals surface area contributed by atoms with Gasteiger partial charge >= 0.3 is 0 Å². The Morgan fingerprint density at radius 2 is 2.03 bits per heavy atom. The van der Waals surface area contributed by atoms with Gasteiger partial charge in [0.25, 0.3) is 5.91 Å². The van der Waals surface area contributed by atoms with Crippen molar-refractivity contribution >= 4 is 28.2 Å². The number of morpholine rings is 1. The number of carbonyl (C=O) groups excluding carboxylic acids is 1. The Morgan fingerprint density at radius 3 is 2.82 bits per heavy atom. The number of benzene rings is 1. The second kappa shape index (κ2) is 8.68. The highest BCUT2D eigenvalue weighted by molar-refractivity contribution is 6.05. The van der Waals surface area contributed by atoms with Crippen molar-refractivity contribution in [1.82, 2.24) is 20.2 Å². The van der Waals surface area contributed by atoms with E-state index in [0.717, 1.165) is 40.9 Å². The van der Waals surface area contributed by atoms with E-state index in [1.54, 1.807) is 19.2 Å². The quantitative estimate of drug-likeness (QED) is 0.501. The average Bonchev–Trinajstić information content (AvgIpc) is 3.28. The minimum absolute atomic E-state index is 0.281. The van der Waals surface area contributed by atoms with Crippen molar-refractivity contribution in [3.05, 3.63) is 65.7 Å². The van der Waals surface area contributed by atoms with Crippen molar-refractivity contribution < 1.29 is 9.53 Å². The van der Waals surface area contributed by atoms with Crippen molar-refractivity contribution in [3.63, 3.8) is 0 Å². The normalized spacial score (nSPS) is 13.6. The van der Waals surface area contributed by atoms with Crippen LogP contribution in [0.2, 0.25) is 0 Å². The van der Waals surface area contributed by atoms with E-state index < -0.39 is 0 Å². The number of aryl methyl sites for hydroxylation is 1. The van der Waals surface area contributed by atoms with E-state index in [-0.39, 0.29) is 11.6 Å². The van der Waals surface area contributed by atoms with Crippen LogP contribution in [-0.4, -0.2) is 52.4 Å². The molecule has 0 spiro atoms. The van der Waals surface area contributed by atoms with Crippen LogP contribution in [0, 0.1) is 18.3 Å². The summed E-state index contributed by atoms with van der Waals surface area (Å²) >= 11 is 0. The van der Waals surface area contributed by atoms with Crippen molar-refractivity contribution in [1.29, 1.82) is 5.26 Å². The van der Waals surface area contributed by atoms with Crippen LogP contribution >= 0.6 is 0 Å². The van der Waals surface area contributed by atoms with Crippen molar-refractivity contribution in [2.75, 3.05) is 36.5 Å². The number of H-pyrrole nitrogens is 1. The Labute approximate surface area is 190 Å². The second-order valence-corrected chi connectivity index (χ2v) is 7.82. The number of hydrogen-bond donors (Lipinski definition) is 2. The molecule has 3 aromatic heterocycles. The zero-order valence-electron chi connectivity index (χ0n) is 18.0. The number of ether oxygens (including phenoxy) is 1. The van der Waals surface area contributed by atoms with E-state index in [9.17, 15) is 4.79 Å². The molecule has 1 aromatic carbocycles. The van der Waals surface area contributed by atoms with E-state index in [4.69, 9.17) is 10.00 Å². The number of rotatable bonds is 4. The van der Waals surface area contributed by atoms with Gasteiger partial charge in [-0.15, -0.1) is 0 Å². The number of amides is 1. The molecule has 9 heteroatoms. The van der Waals surface area contributed by atoms with E-state index in [2.05, 4.69) is 36.4 Å². The number of nitrogens with zero attached hydrogens (tertiary/aromatic N) is 5. The van der Waals surface area contributed by atoms with Gasteiger partial charge in [0.1, 0.15) is 17.5 Å². The molecule has 1 fully saturated rings. The summed E-state index contributed by atoms with van der Waals surface area (Å²) < 4.78 is 5.44. The van der Waals surface area contributed by atoms with Gasteiger partial charge < -0.3 is 15.0 Å². The van der Waals surface area contributed by atoms with Crippen LogP contribution in [0.4, 0.5) is 11.4 Å². The maximum Gasteiger partial charge on any atom is 0.274 e. The SMILES string of the molecule is Cc1cc(C#N)cnc1C(=O)Nc1ccc2[nH]nc(-c3cncc(N4CCOCC4)c3)c2c1. The molecule has 1 amide bonds. The van der Waals surface area contributed by atoms with E-state index in [1.807, 2.05) is 30.5 Å². The first-order valence-electron chi connectivity index (χ1n) is 10.6. The van der Waals surface area contributed by atoms with Crippen LogP contribution in [0.1, 0.15) is 21.6 Å². The van der Waals surface area contributed by atoms with Gasteiger partial charge in [0.2, 0.25) is 0 Å². The Hall–Kier alpha value is -4.29. The monoisotopic (exact) mass is 439 g/mol. The molecule has 1 aliphatic rings. The number of hydrogen-bond acceptors (Lipinski definition) is 7. The fourth-order valence-corrected chi connectivity index (χ4v) is 3.93. The van der Waals surface area contributed by atoms with E-state index in [1.165, 1.54) is 6.20 Å². The second-order valence-electron chi connectivity index (χ2n) is 7.82. The van der Waals surface area contributed by atoms with Crippen LogP contribution in [0.3, 0.4) is 0 Å². The molecule has 33 heavy (non-hydrogen) atoms. The molecule has 0 unspecified atom stereocenters. The summed E-state index contributed by atoms with van der Waals surface area (Å²) in [6.45, 7) is 4.81. The first-order valence-corrected chi connectivity index (χ1v) is 10.6. The minimum atomic E-state index is -0.336. The first kappa shape index (κ1) is 20.6. The predicted octanol–water partition coefficient (Wildman–Crippen LogP) is 3.29. The molecule has 0 atom stereocenters. The highest BCUT2D eigenvalue weighted by atomic mass is 16.5. The molecule has 0 bridgehead atoms. The number of aromatic amines is 1. The highest BCUT2D eigenvalue weighted by Crippen LogP contribution is 2.30. The third-order valence-electron chi connectivity index (χ3n) is 5.62. The van der Waals surface area contributed by atoms with Gasteiger partial charge in [0.05, 0.1) is 36.2 Å². The molecule has 4 aromatic rings. The summed E-state index contributed by atoms with van der Waals surface area (Å²) in [7, 11) is 0. The van der Waals surface area contributed by atoms with Gasteiger partial charge in [-0.2, -0.15) is 10.4 Å². The Kier molecular flexibility index (Phi) is 5.42. The fourth-order valence-electron chi connectivity index (χ4n) is 3.93. The number of nitrogens with one attached hydrogen (secondary N) is 2. The van der Waals surface area contributed by atoms with Crippen molar-refractivity contribution in [3.8, 4) is 17.3 Å². The summed E-state index contributed by atoms with van der Waals surface area (Å²) in [5, 5.41) is 20.3. The van der Waals surface area contributed by atoms with Crippen molar-refractivity contribution in [2.45, 2.75) is 6.92 Å². The van der Waals surface area contributed by atoms with Crippen LogP contribution < -0.4 is 10.2 Å². The van der Waals surface area contributed by atoms with Gasteiger partial charge in [-0.25, -0.2) is 4.98 Å². The number of anilines is 2. The molecular weight excluding hydrogens is 418 g/mol. The lowest BCUT2D eigenvalue weighted by atomic mass is 10.1. The smallest absolute Gasteiger partial charge is 0.274 e. The first-order chi connectivity index (χ1) is 16.1. The molecule has 164 valence electrons. The fraction of sp³-hybridized carbons (Fsp3) is 0.208. The van der Waals surface area contributed by atoms with E-state index >= 15 is 0 Å². The van der Waals surface area contributed by atoms with Crippen LogP contribution in [0.15, 0.2) is 48.9 Å². The molecule has 0 saturated carbocycles. The molecule has 0 radical (unpaired) electrons. The number of fused-ring (bicyclic) bond motifs is 1. The molecular formula is C24H21N7O2. The van der Waals surface area contributed by atoms with Gasteiger partial charge in [0.15, 0.2) is 0 Å². The molecule has 4 heterocycles. The molecule has 1 saturated heterocycles. The van der Waals surface area contributed by atoms with Gasteiger partial charge in [-0.05, 0) is 42.8 Å². The number of carbonyl (C=O) groups is 1. The largest absolute Gasteiger partial charge is 0.378 e. The summed E-state index contributed by atoms with van der Waals surface area (Å²) in [6.07, 6.45) is 5.03. The summed E-state index contributed by atoms with van der Waals surface area (Å²) in [5.74, 6) is -0.336.